The van der Waals surface area contributed by atoms with Gasteiger partial charge in [-0.3, -0.25) is 18.9 Å². The molecule has 0 saturated heterocycles. The number of carbonyl (C=O) groups excluding carboxylic acids is 1. The highest BCUT2D eigenvalue weighted by molar-refractivity contribution is 5.87. The lowest BCUT2D eigenvalue weighted by molar-refractivity contribution is -0.255. The normalized spacial score (nSPS) is 11.1. The molecular weight excluding hydrogens is 314 g/mol. The van der Waals surface area contributed by atoms with Crippen molar-refractivity contribution in [1.29, 1.82) is 0 Å². The van der Waals surface area contributed by atoms with Crippen LogP contribution in [0.1, 0.15) is 15.9 Å². The fraction of sp³-hybridized carbons (Fsp3) is 0.267. The third kappa shape index (κ3) is 2.39. The number of nitrogens with zero attached hydrogens (tertiary/aromatic N) is 5. The van der Waals surface area contributed by atoms with Crippen LogP contribution in [-0.2, 0) is 27.1 Å². The van der Waals surface area contributed by atoms with Gasteiger partial charge >= 0.3 is 5.69 Å². The fourth-order valence-electron chi connectivity index (χ4n) is 2.63. The van der Waals surface area contributed by atoms with E-state index in [1.165, 1.54) is 30.3 Å². The summed E-state index contributed by atoms with van der Waals surface area (Å²) in [5.74, 6) is -1.30. The van der Waals surface area contributed by atoms with Gasteiger partial charge in [-0.1, -0.05) is 0 Å². The summed E-state index contributed by atoms with van der Waals surface area (Å²) in [7, 11) is 2.94. The van der Waals surface area contributed by atoms with Crippen molar-refractivity contribution in [2.75, 3.05) is 0 Å². The first kappa shape index (κ1) is 15.7. The SMILES string of the molecule is Cn1c(=O)c2c(ncn2CCc2ccncc2C(=O)[O-])n(C)c1=O. The highest BCUT2D eigenvalue weighted by Gasteiger charge is 2.14. The molecule has 0 amide bonds. The molecule has 0 saturated carbocycles. The van der Waals surface area contributed by atoms with E-state index < -0.39 is 17.2 Å². The zero-order chi connectivity index (χ0) is 17.4. The molecule has 3 aromatic heterocycles. The Morgan fingerprint density at radius 1 is 1.25 bits per heavy atom. The molecule has 24 heavy (non-hydrogen) atoms. The summed E-state index contributed by atoms with van der Waals surface area (Å²) in [5, 5.41) is 11.1. The standard InChI is InChI=1S/C15H15N5O4/c1-18-12-11(13(21)19(2)15(18)24)20(8-17-12)6-4-9-3-5-16-7-10(9)14(22)23/h3,5,7-8H,4,6H2,1-2H3,(H,22,23)/p-1. The van der Waals surface area contributed by atoms with Crippen molar-refractivity contribution in [1.82, 2.24) is 23.7 Å². The molecule has 3 heterocycles. The van der Waals surface area contributed by atoms with Gasteiger partial charge < -0.3 is 14.5 Å². The Kier molecular flexibility index (Phi) is 3.76. The molecule has 9 heteroatoms. The summed E-state index contributed by atoms with van der Waals surface area (Å²) in [6.45, 7) is 0.328. The molecule has 0 spiro atoms. The summed E-state index contributed by atoms with van der Waals surface area (Å²) >= 11 is 0. The Hall–Kier alpha value is -3.23. The quantitative estimate of drug-likeness (QED) is 0.572. The molecule has 0 atom stereocenters. The molecule has 0 N–H and O–H groups in total. The Balaban J connectivity index is 2.03. The summed E-state index contributed by atoms with van der Waals surface area (Å²) in [6.07, 6.45) is 4.55. The molecule has 0 bridgehead atoms. The maximum absolute atomic E-state index is 12.3. The molecule has 0 aliphatic rings. The summed E-state index contributed by atoms with van der Waals surface area (Å²) in [5.41, 5.74) is 0.254. The van der Waals surface area contributed by atoms with Crippen molar-refractivity contribution >= 4 is 17.1 Å². The maximum Gasteiger partial charge on any atom is 0.332 e. The van der Waals surface area contributed by atoms with E-state index in [1.54, 1.807) is 17.7 Å². The summed E-state index contributed by atoms with van der Waals surface area (Å²) in [6, 6.07) is 1.60. The minimum atomic E-state index is -1.30. The zero-order valence-corrected chi connectivity index (χ0v) is 13.1. The van der Waals surface area contributed by atoms with Crippen molar-refractivity contribution in [3.63, 3.8) is 0 Å². The van der Waals surface area contributed by atoms with E-state index in [9.17, 15) is 19.5 Å². The molecule has 124 valence electrons. The van der Waals surface area contributed by atoms with Crippen LogP contribution in [0.4, 0.5) is 0 Å². The largest absolute Gasteiger partial charge is 0.545 e. The molecule has 0 aromatic carbocycles. The average molecular weight is 328 g/mol. The monoisotopic (exact) mass is 328 g/mol. The molecule has 3 aromatic rings. The summed E-state index contributed by atoms with van der Waals surface area (Å²) < 4.78 is 3.92. The molecule has 0 fully saturated rings. The number of aromatic nitrogens is 5. The van der Waals surface area contributed by atoms with Gasteiger partial charge in [0.2, 0.25) is 0 Å². The van der Waals surface area contributed by atoms with E-state index in [4.69, 9.17) is 0 Å². The second-order valence-corrected chi connectivity index (χ2v) is 5.39. The van der Waals surface area contributed by atoms with Crippen LogP contribution >= 0.6 is 0 Å². The second kappa shape index (κ2) is 5.76. The smallest absolute Gasteiger partial charge is 0.332 e. The van der Waals surface area contributed by atoms with Crippen LogP contribution in [0.5, 0.6) is 0 Å². The van der Waals surface area contributed by atoms with Gasteiger partial charge in [-0.15, -0.1) is 0 Å². The number of aromatic carboxylic acids is 1. The minimum absolute atomic E-state index is 0.0159. The van der Waals surface area contributed by atoms with Gasteiger partial charge in [-0.2, -0.15) is 0 Å². The molecule has 0 radical (unpaired) electrons. The number of carboxylic acid groups (broad SMARTS) is 1. The first-order valence-corrected chi connectivity index (χ1v) is 7.17. The Morgan fingerprint density at radius 3 is 2.71 bits per heavy atom. The van der Waals surface area contributed by atoms with E-state index in [0.29, 0.717) is 24.0 Å². The highest BCUT2D eigenvalue weighted by Crippen LogP contribution is 2.11. The number of carbonyl (C=O) groups is 1. The number of imidazole rings is 1. The van der Waals surface area contributed by atoms with Crippen LogP contribution in [0.25, 0.3) is 11.2 Å². The molecular formula is C15H14N5O4-. The van der Waals surface area contributed by atoms with Gasteiger partial charge in [-0.05, 0) is 18.1 Å². The predicted molar refractivity (Wildman–Crippen MR) is 82.5 cm³/mol. The van der Waals surface area contributed by atoms with E-state index >= 15 is 0 Å². The van der Waals surface area contributed by atoms with Crippen LogP contribution in [-0.4, -0.2) is 29.6 Å². The van der Waals surface area contributed by atoms with Crippen LogP contribution in [0.15, 0.2) is 34.4 Å². The van der Waals surface area contributed by atoms with Crippen molar-refractivity contribution < 1.29 is 9.90 Å². The lowest BCUT2D eigenvalue weighted by atomic mass is 10.1. The van der Waals surface area contributed by atoms with E-state index in [-0.39, 0.29) is 11.2 Å². The first-order chi connectivity index (χ1) is 11.4. The average Bonchev–Trinajstić information content (AvgIpc) is 3.00. The Bertz CT molecular complexity index is 1060. The van der Waals surface area contributed by atoms with Gasteiger partial charge in [0.15, 0.2) is 11.2 Å². The topological polar surface area (TPSA) is 115 Å². The van der Waals surface area contributed by atoms with Crippen molar-refractivity contribution in [3.05, 3.63) is 56.8 Å². The number of aryl methyl sites for hydroxylation is 3. The van der Waals surface area contributed by atoms with Crippen LogP contribution in [0.3, 0.4) is 0 Å². The van der Waals surface area contributed by atoms with Gasteiger partial charge in [0, 0.05) is 38.6 Å². The summed E-state index contributed by atoms with van der Waals surface area (Å²) in [4.78, 5) is 43.3. The van der Waals surface area contributed by atoms with Crippen molar-refractivity contribution in [2.45, 2.75) is 13.0 Å². The van der Waals surface area contributed by atoms with Crippen LogP contribution < -0.4 is 16.4 Å². The number of hydrogen-bond acceptors (Lipinski definition) is 6. The van der Waals surface area contributed by atoms with Gasteiger partial charge in [0.1, 0.15) is 0 Å². The van der Waals surface area contributed by atoms with Crippen LogP contribution in [0, 0.1) is 0 Å². The number of pyridine rings is 1. The van der Waals surface area contributed by atoms with E-state index in [2.05, 4.69) is 9.97 Å². The first-order valence-electron chi connectivity index (χ1n) is 7.17. The number of fused-ring (bicyclic) bond motifs is 1. The molecule has 0 aliphatic carbocycles. The van der Waals surface area contributed by atoms with Gasteiger partial charge in [0.05, 0.1) is 12.3 Å². The Labute approximate surface area is 135 Å². The lowest BCUT2D eigenvalue weighted by Crippen LogP contribution is -2.37. The predicted octanol–water partition coefficient (Wildman–Crippen LogP) is -1.57. The third-order valence-corrected chi connectivity index (χ3v) is 3.97. The van der Waals surface area contributed by atoms with E-state index in [1.807, 2.05) is 0 Å². The lowest BCUT2D eigenvalue weighted by Gasteiger charge is -2.10. The zero-order valence-electron chi connectivity index (χ0n) is 13.1. The molecule has 3 rings (SSSR count). The van der Waals surface area contributed by atoms with Crippen LogP contribution in [0.2, 0.25) is 0 Å². The van der Waals surface area contributed by atoms with Crippen molar-refractivity contribution in [2.24, 2.45) is 14.1 Å². The number of carboxylic acids is 1. The fourth-order valence-corrected chi connectivity index (χ4v) is 2.63. The van der Waals surface area contributed by atoms with Crippen molar-refractivity contribution in [3.8, 4) is 0 Å². The highest BCUT2D eigenvalue weighted by atomic mass is 16.4. The number of hydrogen-bond donors (Lipinski definition) is 0. The Morgan fingerprint density at radius 2 is 2.00 bits per heavy atom. The second-order valence-electron chi connectivity index (χ2n) is 5.39. The minimum Gasteiger partial charge on any atom is -0.545 e. The molecule has 0 unspecified atom stereocenters. The molecule has 9 nitrogen and oxygen atoms in total. The third-order valence-electron chi connectivity index (χ3n) is 3.97. The van der Waals surface area contributed by atoms with Gasteiger partial charge in [-0.25, -0.2) is 9.78 Å². The number of rotatable bonds is 4. The van der Waals surface area contributed by atoms with Gasteiger partial charge in [0.25, 0.3) is 5.56 Å². The maximum atomic E-state index is 12.3. The molecule has 0 aliphatic heterocycles. The van der Waals surface area contributed by atoms with E-state index in [0.717, 1.165) is 4.57 Å².